The largest absolute Gasteiger partial charge is 0.412 e. The van der Waals surface area contributed by atoms with E-state index in [1.54, 1.807) is 6.07 Å². The van der Waals surface area contributed by atoms with Crippen molar-refractivity contribution in [1.29, 1.82) is 0 Å². The molecule has 0 bridgehead atoms. The fourth-order valence-corrected chi connectivity index (χ4v) is 5.11. The third kappa shape index (κ3) is 6.13. The Kier molecular flexibility index (Phi) is 7.45. The van der Waals surface area contributed by atoms with E-state index in [1.165, 1.54) is 65.1 Å². The summed E-state index contributed by atoms with van der Waals surface area (Å²) in [5, 5.41) is 7.82. The molecule has 36 heavy (non-hydrogen) atoms. The zero-order chi connectivity index (χ0) is 25.9. The lowest BCUT2D eigenvalue weighted by Crippen LogP contribution is -2.38. The van der Waals surface area contributed by atoms with Crippen LogP contribution >= 0.6 is 22.7 Å². The Morgan fingerprint density at radius 1 is 1.00 bits per heavy atom. The number of nitrogens with one attached hydrogen (secondary N) is 2. The molecule has 4 rings (SSSR count). The minimum atomic E-state index is -4.70. The second-order valence-electron chi connectivity index (χ2n) is 7.78. The van der Waals surface area contributed by atoms with Gasteiger partial charge in [-0.3, -0.25) is 9.59 Å². The highest BCUT2D eigenvalue weighted by molar-refractivity contribution is 7.16. The highest BCUT2D eigenvalue weighted by atomic mass is 32.1. The number of hydrogen-bond acceptors (Lipinski definition) is 7. The van der Waals surface area contributed by atoms with Gasteiger partial charge in [0.25, 0.3) is 5.91 Å². The van der Waals surface area contributed by atoms with Gasteiger partial charge in [-0.2, -0.15) is 13.2 Å². The van der Waals surface area contributed by atoms with Gasteiger partial charge in [-0.25, -0.2) is 15.0 Å². The van der Waals surface area contributed by atoms with Gasteiger partial charge in [0.1, 0.15) is 5.69 Å². The fraction of sp³-hybridized carbons (Fsp3) is 0.208. The summed E-state index contributed by atoms with van der Waals surface area (Å²) in [6, 6.07) is 9.17. The van der Waals surface area contributed by atoms with Crippen LogP contribution < -0.4 is 10.6 Å². The van der Waals surface area contributed by atoms with Gasteiger partial charge in [-0.1, -0.05) is 36.4 Å². The number of pyridine rings is 1. The normalized spacial score (nSPS) is 12.2. The number of thiazole rings is 2. The number of benzene rings is 1. The number of hydrogen-bond donors (Lipinski definition) is 2. The molecule has 1 aromatic carbocycles. The van der Waals surface area contributed by atoms with E-state index in [-0.39, 0.29) is 23.4 Å². The summed E-state index contributed by atoms with van der Waals surface area (Å²) >= 11 is 2.77. The number of rotatable bonds is 7. The van der Waals surface area contributed by atoms with Gasteiger partial charge in [-0.15, -0.1) is 22.7 Å². The average molecular weight is 532 g/mol. The molecular formula is C24H20F3N5O2S2. The first-order chi connectivity index (χ1) is 17.1. The molecule has 0 aliphatic rings. The van der Waals surface area contributed by atoms with E-state index in [0.29, 0.717) is 10.8 Å². The van der Waals surface area contributed by atoms with Crippen molar-refractivity contribution in [2.24, 2.45) is 0 Å². The number of aromatic nitrogens is 3. The van der Waals surface area contributed by atoms with Crippen molar-refractivity contribution in [3.63, 3.8) is 0 Å². The van der Waals surface area contributed by atoms with Crippen molar-refractivity contribution in [3.05, 3.63) is 81.6 Å². The van der Waals surface area contributed by atoms with Crippen LogP contribution in [0, 0.1) is 13.8 Å². The van der Waals surface area contributed by atoms with Crippen LogP contribution in [0.4, 0.5) is 18.3 Å². The Morgan fingerprint density at radius 3 is 2.42 bits per heavy atom. The smallest absolute Gasteiger partial charge is 0.335 e. The van der Waals surface area contributed by atoms with Crippen molar-refractivity contribution >= 4 is 39.6 Å². The molecule has 0 spiro atoms. The molecule has 2 amide bonds. The monoisotopic (exact) mass is 531 g/mol. The molecule has 3 aromatic heterocycles. The molecule has 0 aliphatic carbocycles. The Bertz CT molecular complexity index is 1390. The van der Waals surface area contributed by atoms with Crippen LogP contribution in [0.1, 0.15) is 38.5 Å². The number of aryl methyl sites for hydroxylation is 2. The highest BCUT2D eigenvalue weighted by Crippen LogP contribution is 2.33. The van der Waals surface area contributed by atoms with Crippen molar-refractivity contribution in [3.8, 4) is 10.6 Å². The summed E-state index contributed by atoms with van der Waals surface area (Å²) in [5.41, 5.74) is 1.49. The second kappa shape index (κ2) is 10.5. The molecule has 4 aromatic rings. The third-order valence-electron chi connectivity index (χ3n) is 5.00. The number of amides is 2. The minimum Gasteiger partial charge on any atom is -0.335 e. The molecule has 0 saturated carbocycles. The van der Waals surface area contributed by atoms with Crippen LogP contribution in [0.3, 0.4) is 0 Å². The number of halogens is 3. The second-order valence-corrected chi connectivity index (χ2v) is 9.84. The highest BCUT2D eigenvalue weighted by Gasteiger charge is 2.42. The van der Waals surface area contributed by atoms with Gasteiger partial charge in [0, 0.05) is 5.38 Å². The summed E-state index contributed by atoms with van der Waals surface area (Å²) in [6.07, 6.45) is -4.88. The van der Waals surface area contributed by atoms with Crippen molar-refractivity contribution in [2.75, 3.05) is 5.32 Å². The molecule has 0 aliphatic heterocycles. The van der Waals surface area contributed by atoms with Crippen LogP contribution in [0.2, 0.25) is 0 Å². The van der Waals surface area contributed by atoms with Gasteiger partial charge >= 0.3 is 6.18 Å². The number of nitrogens with zero attached hydrogens (tertiary/aromatic N) is 3. The number of anilines is 1. The maximum Gasteiger partial charge on any atom is 0.412 e. The first kappa shape index (κ1) is 25.5. The molecule has 0 fully saturated rings. The predicted molar refractivity (Wildman–Crippen MR) is 132 cm³/mol. The molecule has 12 heteroatoms. The lowest BCUT2D eigenvalue weighted by molar-refractivity contribution is -0.155. The van der Waals surface area contributed by atoms with Crippen LogP contribution in [0.15, 0.2) is 53.9 Å². The van der Waals surface area contributed by atoms with Crippen molar-refractivity contribution < 1.29 is 22.8 Å². The summed E-state index contributed by atoms with van der Waals surface area (Å²) in [5.74, 6) is -1.42. The molecule has 3 heterocycles. The van der Waals surface area contributed by atoms with E-state index in [0.717, 1.165) is 15.6 Å². The van der Waals surface area contributed by atoms with Gasteiger partial charge in [-0.05, 0) is 31.5 Å². The summed E-state index contributed by atoms with van der Waals surface area (Å²) in [4.78, 5) is 38.9. The van der Waals surface area contributed by atoms with Crippen LogP contribution in [-0.2, 0) is 11.2 Å². The van der Waals surface area contributed by atoms with Crippen molar-refractivity contribution in [1.82, 2.24) is 20.3 Å². The lowest BCUT2D eigenvalue weighted by Gasteiger charge is -2.22. The number of alkyl halides is 3. The van der Waals surface area contributed by atoms with E-state index in [9.17, 15) is 22.8 Å². The fourth-order valence-electron chi connectivity index (χ4n) is 3.44. The molecule has 1 atom stereocenters. The molecular weight excluding hydrogens is 511 g/mol. The third-order valence-corrected chi connectivity index (χ3v) is 6.86. The Morgan fingerprint density at radius 2 is 1.75 bits per heavy atom. The topological polar surface area (TPSA) is 96.9 Å². The van der Waals surface area contributed by atoms with Gasteiger partial charge < -0.3 is 10.6 Å². The standard InChI is InChI=1S/C24H20F3N5O2S2/c1-13-20(36-14(2)28-13)18-12-35-23(30-18)31-19(33)11-16-9-6-10-17(29-16)22(34)32-21(24(25,26)27)15-7-4-3-5-8-15/h3-10,12,21H,11H2,1-2H3,(H,32,34)(H,30,31,33)/t21-/m1/s1. The van der Waals surface area contributed by atoms with Crippen molar-refractivity contribution in [2.45, 2.75) is 32.5 Å². The molecule has 0 saturated heterocycles. The molecule has 0 radical (unpaired) electrons. The zero-order valence-corrected chi connectivity index (χ0v) is 20.7. The Labute approximate surface area is 212 Å². The maximum atomic E-state index is 13.6. The maximum absolute atomic E-state index is 13.6. The van der Waals surface area contributed by atoms with E-state index < -0.39 is 24.0 Å². The van der Waals surface area contributed by atoms with E-state index in [2.05, 4.69) is 20.3 Å². The van der Waals surface area contributed by atoms with E-state index in [4.69, 9.17) is 0 Å². The SMILES string of the molecule is Cc1nc(C)c(-c2csc(NC(=O)Cc3cccc(C(=O)N[C@H](c4ccccc4)C(F)(F)F)n3)n2)s1. The van der Waals surface area contributed by atoms with Gasteiger partial charge in [0.2, 0.25) is 5.91 Å². The van der Waals surface area contributed by atoms with Crippen LogP contribution in [0.25, 0.3) is 10.6 Å². The van der Waals surface area contributed by atoms with Gasteiger partial charge in [0.15, 0.2) is 11.2 Å². The number of carbonyl (C=O) groups excluding carboxylic acids is 2. The van der Waals surface area contributed by atoms with Crippen LogP contribution in [0.5, 0.6) is 0 Å². The first-order valence-electron chi connectivity index (χ1n) is 10.7. The Hall–Kier alpha value is -3.64. The van der Waals surface area contributed by atoms with E-state index in [1.807, 2.05) is 24.5 Å². The molecule has 186 valence electrons. The summed E-state index contributed by atoms with van der Waals surface area (Å²) < 4.78 is 40.7. The summed E-state index contributed by atoms with van der Waals surface area (Å²) in [6.45, 7) is 3.80. The zero-order valence-electron chi connectivity index (χ0n) is 19.1. The molecule has 2 N–H and O–H groups in total. The van der Waals surface area contributed by atoms with Crippen LogP contribution in [-0.4, -0.2) is 32.9 Å². The molecule has 0 unspecified atom stereocenters. The lowest BCUT2D eigenvalue weighted by atomic mass is 10.1. The van der Waals surface area contributed by atoms with E-state index >= 15 is 0 Å². The number of carbonyl (C=O) groups is 2. The van der Waals surface area contributed by atoms with Gasteiger partial charge in [0.05, 0.1) is 33.4 Å². The summed E-state index contributed by atoms with van der Waals surface area (Å²) in [7, 11) is 0. The first-order valence-corrected chi connectivity index (χ1v) is 12.4. The Balaban J connectivity index is 1.42. The molecule has 7 nitrogen and oxygen atoms in total. The quantitative estimate of drug-likeness (QED) is 0.329. The average Bonchev–Trinajstić information content (AvgIpc) is 3.42. The minimum absolute atomic E-state index is 0.0969. The predicted octanol–water partition coefficient (Wildman–Crippen LogP) is 5.49.